The molecule has 0 aromatic carbocycles. The van der Waals surface area contributed by atoms with E-state index in [1.807, 2.05) is 0 Å². The molecule has 0 radical (unpaired) electrons. The van der Waals surface area contributed by atoms with E-state index in [1.165, 1.54) is 0 Å². The van der Waals surface area contributed by atoms with E-state index < -0.39 is 0 Å². The Morgan fingerprint density at radius 3 is 2.78 bits per heavy atom. The molecule has 0 aliphatic carbocycles. The topological polar surface area (TPSA) is 66.1 Å². The Morgan fingerprint density at radius 1 is 1.56 bits per heavy atom. The van der Waals surface area contributed by atoms with Crippen molar-refractivity contribution in [1.82, 2.24) is 0 Å². The molecule has 0 aromatic rings. The highest BCUT2D eigenvalue weighted by molar-refractivity contribution is 5.23. The molecule has 0 bridgehead atoms. The minimum absolute atomic E-state index is 0.565. The van der Waals surface area contributed by atoms with Crippen LogP contribution in [0.5, 0.6) is 0 Å². The van der Waals surface area contributed by atoms with Crippen LogP contribution in [0.2, 0.25) is 0 Å². The molecule has 0 saturated heterocycles. The molecule has 0 unspecified atom stereocenters. The minimum atomic E-state index is 0.565. The van der Waals surface area contributed by atoms with Gasteiger partial charge in [0.25, 0.3) is 0 Å². The third-order valence-corrected chi connectivity index (χ3v) is 1.54. The lowest BCUT2D eigenvalue weighted by molar-refractivity contribution is 0.868. The first kappa shape index (κ1) is 6.58. The number of nitrogens with zero attached hydrogens (tertiary/aromatic N) is 1. The van der Waals surface area contributed by atoms with E-state index in [4.69, 9.17) is 11.5 Å². The van der Waals surface area contributed by atoms with E-state index in [1.54, 1.807) is 0 Å². The maximum atomic E-state index is 5.63. The average Bonchev–Trinajstić information content (AvgIpc) is 1.89. The minimum Gasteiger partial charge on any atom is -0.658 e. The standard InChI is InChI=1S/C6H12N3/c7-3-5-4-9-2-1-6(5)8/h1-4,7-8H2/q-1. The summed E-state index contributed by atoms with van der Waals surface area (Å²) in [5.74, 6) is 0. The zero-order valence-electron chi connectivity index (χ0n) is 5.43. The van der Waals surface area contributed by atoms with Crippen LogP contribution in [0, 0.1) is 0 Å². The van der Waals surface area contributed by atoms with Gasteiger partial charge < -0.3 is 16.8 Å². The Hall–Kier alpha value is -0.540. The summed E-state index contributed by atoms with van der Waals surface area (Å²) in [6.07, 6.45) is 0.895. The second kappa shape index (κ2) is 2.85. The maximum Gasteiger partial charge on any atom is 0.0139 e. The summed E-state index contributed by atoms with van der Waals surface area (Å²) >= 11 is 0. The van der Waals surface area contributed by atoms with Gasteiger partial charge in [0.2, 0.25) is 0 Å². The molecular formula is C6H12N3-. The van der Waals surface area contributed by atoms with Crippen molar-refractivity contribution in [2.75, 3.05) is 19.6 Å². The first-order valence-electron chi connectivity index (χ1n) is 3.14. The first-order valence-corrected chi connectivity index (χ1v) is 3.14. The zero-order chi connectivity index (χ0) is 6.69. The summed E-state index contributed by atoms with van der Waals surface area (Å²) in [5, 5.41) is 4.16. The van der Waals surface area contributed by atoms with Crippen LogP contribution in [0.1, 0.15) is 6.42 Å². The van der Waals surface area contributed by atoms with Gasteiger partial charge in [-0.2, -0.15) is 0 Å². The largest absolute Gasteiger partial charge is 0.658 e. The lowest BCUT2D eigenvalue weighted by Crippen LogP contribution is -2.18. The van der Waals surface area contributed by atoms with Gasteiger partial charge in [0.05, 0.1) is 0 Å². The summed E-state index contributed by atoms with van der Waals surface area (Å²) in [4.78, 5) is 0. The van der Waals surface area contributed by atoms with E-state index in [-0.39, 0.29) is 0 Å². The van der Waals surface area contributed by atoms with Gasteiger partial charge in [-0.25, -0.2) is 0 Å². The van der Waals surface area contributed by atoms with Crippen molar-refractivity contribution >= 4 is 0 Å². The predicted molar refractivity (Wildman–Crippen MR) is 38.0 cm³/mol. The van der Waals surface area contributed by atoms with Gasteiger partial charge in [0.15, 0.2) is 0 Å². The van der Waals surface area contributed by atoms with Crippen molar-refractivity contribution in [3.8, 4) is 0 Å². The van der Waals surface area contributed by atoms with Gasteiger partial charge in [-0.15, -0.1) is 13.1 Å². The molecule has 1 aliphatic heterocycles. The monoisotopic (exact) mass is 126 g/mol. The lowest BCUT2D eigenvalue weighted by atomic mass is 10.1. The molecule has 0 atom stereocenters. The Balaban J connectivity index is 2.59. The fourth-order valence-corrected chi connectivity index (χ4v) is 0.887. The van der Waals surface area contributed by atoms with Crippen molar-refractivity contribution in [2.45, 2.75) is 6.42 Å². The quantitative estimate of drug-likeness (QED) is 0.516. The molecule has 0 aromatic heterocycles. The van der Waals surface area contributed by atoms with E-state index >= 15 is 0 Å². The van der Waals surface area contributed by atoms with Crippen molar-refractivity contribution in [1.29, 1.82) is 0 Å². The molecule has 52 valence electrons. The van der Waals surface area contributed by atoms with Crippen LogP contribution in [0.15, 0.2) is 11.3 Å². The molecule has 1 rings (SSSR count). The first-order chi connectivity index (χ1) is 4.34. The van der Waals surface area contributed by atoms with Crippen LogP contribution in [-0.2, 0) is 0 Å². The third-order valence-electron chi connectivity index (χ3n) is 1.54. The van der Waals surface area contributed by atoms with Crippen molar-refractivity contribution in [3.63, 3.8) is 0 Å². The zero-order valence-corrected chi connectivity index (χ0v) is 5.43. The van der Waals surface area contributed by atoms with Crippen LogP contribution < -0.4 is 11.5 Å². The van der Waals surface area contributed by atoms with Crippen LogP contribution >= 0.6 is 0 Å². The maximum absolute atomic E-state index is 5.63. The Kier molecular flexibility index (Phi) is 2.08. The smallest absolute Gasteiger partial charge is 0.0139 e. The number of nitrogens with two attached hydrogens (primary N) is 2. The summed E-state index contributed by atoms with van der Waals surface area (Å²) in [5.41, 5.74) is 13.1. The number of rotatable bonds is 1. The highest BCUT2D eigenvalue weighted by Gasteiger charge is 1.98. The molecule has 1 aliphatic rings. The van der Waals surface area contributed by atoms with Crippen LogP contribution in [0.25, 0.3) is 5.32 Å². The second-order valence-corrected chi connectivity index (χ2v) is 2.19. The highest BCUT2D eigenvalue weighted by atomic mass is 14.9. The Bertz CT molecular complexity index is 128. The summed E-state index contributed by atoms with van der Waals surface area (Å²) in [6, 6.07) is 0. The average molecular weight is 126 g/mol. The van der Waals surface area contributed by atoms with E-state index in [0.717, 1.165) is 30.8 Å². The number of hydrogen-bond donors (Lipinski definition) is 2. The number of hydrogen-bond acceptors (Lipinski definition) is 2. The Labute approximate surface area is 55.1 Å². The van der Waals surface area contributed by atoms with Crippen molar-refractivity contribution < 1.29 is 0 Å². The van der Waals surface area contributed by atoms with Crippen LogP contribution in [-0.4, -0.2) is 19.6 Å². The molecule has 3 nitrogen and oxygen atoms in total. The normalized spacial score (nSPS) is 20.6. The second-order valence-electron chi connectivity index (χ2n) is 2.19. The summed E-state index contributed by atoms with van der Waals surface area (Å²) in [6.45, 7) is 2.19. The van der Waals surface area contributed by atoms with E-state index in [9.17, 15) is 0 Å². The van der Waals surface area contributed by atoms with Gasteiger partial charge in [0.1, 0.15) is 0 Å². The van der Waals surface area contributed by atoms with Crippen molar-refractivity contribution in [2.24, 2.45) is 11.5 Å². The SMILES string of the molecule is NCC1=C(N)CC[N-]C1. The van der Waals surface area contributed by atoms with Crippen LogP contribution in [0.3, 0.4) is 0 Å². The molecule has 3 heteroatoms. The Morgan fingerprint density at radius 2 is 2.33 bits per heavy atom. The predicted octanol–water partition coefficient (Wildman–Crippen LogP) is -0.0647. The van der Waals surface area contributed by atoms with E-state index in [0.29, 0.717) is 6.54 Å². The molecule has 9 heavy (non-hydrogen) atoms. The molecule has 0 amide bonds. The van der Waals surface area contributed by atoms with Gasteiger partial charge in [-0.3, -0.25) is 0 Å². The highest BCUT2D eigenvalue weighted by Crippen LogP contribution is 2.12. The summed E-state index contributed by atoms with van der Waals surface area (Å²) in [7, 11) is 0. The van der Waals surface area contributed by atoms with Gasteiger partial charge in [-0.05, 0) is 6.42 Å². The van der Waals surface area contributed by atoms with Gasteiger partial charge >= 0.3 is 0 Å². The molecule has 0 spiro atoms. The van der Waals surface area contributed by atoms with Crippen molar-refractivity contribution in [3.05, 3.63) is 16.6 Å². The summed E-state index contributed by atoms with van der Waals surface area (Å²) < 4.78 is 0. The van der Waals surface area contributed by atoms with Gasteiger partial charge in [-0.1, -0.05) is 5.57 Å². The lowest BCUT2D eigenvalue weighted by Gasteiger charge is -2.28. The van der Waals surface area contributed by atoms with E-state index in [2.05, 4.69) is 5.32 Å². The third kappa shape index (κ3) is 1.43. The molecule has 4 N–H and O–H groups in total. The molecule has 0 fully saturated rings. The molecular weight excluding hydrogens is 114 g/mol. The molecule has 0 saturated carbocycles. The van der Waals surface area contributed by atoms with Gasteiger partial charge in [0, 0.05) is 12.2 Å². The molecule has 1 heterocycles. The fraction of sp³-hybridized carbons (Fsp3) is 0.667. The van der Waals surface area contributed by atoms with Crippen LogP contribution in [0.4, 0.5) is 0 Å². The fourth-order valence-electron chi connectivity index (χ4n) is 0.887.